The van der Waals surface area contributed by atoms with Crippen molar-refractivity contribution < 1.29 is 18.0 Å². The number of pyridine rings is 2. The number of benzene rings is 2. The third kappa shape index (κ3) is 8.25. The number of piperidine rings is 2. The lowest BCUT2D eigenvalue weighted by Crippen LogP contribution is -2.49. The fourth-order valence-corrected chi connectivity index (χ4v) is 11.7. The average Bonchev–Trinajstić information content (AvgIpc) is 3.80. The van der Waals surface area contributed by atoms with E-state index in [1.807, 2.05) is 31.3 Å². The van der Waals surface area contributed by atoms with E-state index >= 15 is 0 Å². The van der Waals surface area contributed by atoms with Crippen molar-refractivity contribution in [1.29, 1.82) is 0 Å². The summed E-state index contributed by atoms with van der Waals surface area (Å²) in [4.78, 5) is 58.2. The molecule has 3 aromatic heterocycles. The van der Waals surface area contributed by atoms with E-state index < -0.39 is 16.1 Å². The van der Waals surface area contributed by atoms with Gasteiger partial charge in [0.2, 0.25) is 15.9 Å². The van der Waals surface area contributed by atoms with E-state index in [1.54, 1.807) is 44.4 Å². The summed E-state index contributed by atoms with van der Waals surface area (Å²) in [5.41, 5.74) is 3.96. The van der Waals surface area contributed by atoms with Gasteiger partial charge in [0, 0.05) is 98.4 Å². The highest BCUT2D eigenvalue weighted by atomic mass is 35.5. The predicted molar refractivity (Wildman–Crippen MR) is 237 cm³/mol. The van der Waals surface area contributed by atoms with E-state index in [2.05, 4.69) is 38.2 Å². The number of imide groups is 1. The minimum absolute atomic E-state index is 0.0732. The van der Waals surface area contributed by atoms with Crippen LogP contribution < -0.4 is 20.7 Å². The van der Waals surface area contributed by atoms with Gasteiger partial charge in [0.15, 0.2) is 0 Å². The number of nitrogens with zero attached hydrogens (tertiary/aromatic N) is 8. The van der Waals surface area contributed by atoms with Gasteiger partial charge in [-0.05, 0) is 93.8 Å². The number of amides is 3. The normalized spacial score (nSPS) is 19.1. The van der Waals surface area contributed by atoms with Gasteiger partial charge in [0.25, 0.3) is 5.56 Å². The number of nitrogens with one attached hydrogen (secondary N) is 1. The highest BCUT2D eigenvalue weighted by Gasteiger charge is 2.33. The van der Waals surface area contributed by atoms with Crippen LogP contribution in [0.4, 0.5) is 16.2 Å². The fraction of sp³-hybridized carbons (Fsp3) is 0.467. The van der Waals surface area contributed by atoms with Crippen LogP contribution >= 0.6 is 11.6 Å². The number of aromatic nitrogens is 4. The molecule has 4 fully saturated rings. The van der Waals surface area contributed by atoms with Gasteiger partial charge in [-0.25, -0.2) is 23.2 Å². The van der Waals surface area contributed by atoms with Crippen molar-refractivity contribution in [3.05, 3.63) is 93.4 Å². The van der Waals surface area contributed by atoms with Gasteiger partial charge in [-0.1, -0.05) is 42.6 Å². The van der Waals surface area contributed by atoms with Crippen LogP contribution in [0.15, 0.2) is 70.7 Å². The van der Waals surface area contributed by atoms with Crippen molar-refractivity contribution in [3.63, 3.8) is 0 Å². The number of aryl methyl sites for hydroxylation is 1. The fourth-order valence-electron chi connectivity index (χ4n) is 9.94. The monoisotopic (exact) mass is 865 g/mol. The van der Waals surface area contributed by atoms with Crippen molar-refractivity contribution in [2.75, 3.05) is 56.1 Å². The molecular formula is C45H52ClN9O5S. The second kappa shape index (κ2) is 17.1. The minimum atomic E-state index is -3.67. The summed E-state index contributed by atoms with van der Waals surface area (Å²) in [7, 11) is -1.47. The Balaban J connectivity index is 0.792. The van der Waals surface area contributed by atoms with Gasteiger partial charge in [0.1, 0.15) is 16.5 Å². The summed E-state index contributed by atoms with van der Waals surface area (Å²) in [6, 6.07) is 13.2. The van der Waals surface area contributed by atoms with Crippen LogP contribution in [0.3, 0.4) is 0 Å². The van der Waals surface area contributed by atoms with Gasteiger partial charge < -0.3 is 9.80 Å². The summed E-state index contributed by atoms with van der Waals surface area (Å²) in [6.45, 7) is 5.93. The quantitative estimate of drug-likeness (QED) is 0.166. The summed E-state index contributed by atoms with van der Waals surface area (Å²) in [5.74, 6) is 0.716. The van der Waals surface area contributed by atoms with E-state index in [-0.39, 0.29) is 29.0 Å². The number of hydrogen-bond donors (Lipinski definition) is 1. The van der Waals surface area contributed by atoms with Crippen molar-refractivity contribution in [3.8, 4) is 0 Å². The van der Waals surface area contributed by atoms with Crippen molar-refractivity contribution in [2.24, 2.45) is 5.92 Å². The molecule has 0 radical (unpaired) electrons. The van der Waals surface area contributed by atoms with E-state index in [0.29, 0.717) is 60.1 Å². The Morgan fingerprint density at radius 1 is 0.869 bits per heavy atom. The van der Waals surface area contributed by atoms with Crippen LogP contribution in [0.25, 0.3) is 21.8 Å². The number of fused-ring (bicyclic) bond motifs is 2. The SMILES string of the molecule is Cc1cc(S(=O)(=O)N2CCC(CN(C)C3CCN(c4cccc5c(N6CCC(=O)NC6=O)cncc45)CC3)CC2)ccc1Cc1ncc2cc(Cl)c(=O)n(C3CCCC3)c2n1. The van der Waals surface area contributed by atoms with Gasteiger partial charge in [-0.2, -0.15) is 4.31 Å². The van der Waals surface area contributed by atoms with Gasteiger partial charge in [0.05, 0.1) is 16.8 Å². The molecule has 3 saturated heterocycles. The molecule has 16 heteroatoms. The molecule has 4 aliphatic rings. The molecule has 0 unspecified atom stereocenters. The number of rotatable bonds is 10. The molecule has 61 heavy (non-hydrogen) atoms. The Labute approximate surface area is 361 Å². The zero-order valence-electron chi connectivity index (χ0n) is 34.7. The smallest absolute Gasteiger partial charge is 0.328 e. The number of halogens is 1. The van der Waals surface area contributed by atoms with E-state index in [1.165, 1.54) is 0 Å². The molecule has 1 saturated carbocycles. The Morgan fingerprint density at radius 2 is 1.64 bits per heavy atom. The molecule has 6 heterocycles. The Morgan fingerprint density at radius 3 is 2.38 bits per heavy atom. The van der Waals surface area contributed by atoms with Crippen LogP contribution in [0.1, 0.15) is 80.8 Å². The third-order valence-electron chi connectivity index (χ3n) is 13.4. The summed E-state index contributed by atoms with van der Waals surface area (Å²) in [5, 5.41) is 5.24. The highest BCUT2D eigenvalue weighted by Crippen LogP contribution is 2.36. The molecule has 1 aliphatic carbocycles. The Hall–Kier alpha value is -4.96. The maximum atomic E-state index is 13.9. The highest BCUT2D eigenvalue weighted by molar-refractivity contribution is 7.89. The van der Waals surface area contributed by atoms with Crippen LogP contribution in [0.5, 0.6) is 0 Å². The molecule has 1 N–H and O–H groups in total. The Bertz CT molecular complexity index is 2670. The first-order chi connectivity index (χ1) is 29.4. The lowest BCUT2D eigenvalue weighted by Gasteiger charge is -2.40. The minimum Gasteiger partial charge on any atom is -0.371 e. The molecule has 3 amide bonds. The lowest BCUT2D eigenvalue weighted by molar-refractivity contribution is -0.120. The van der Waals surface area contributed by atoms with Crippen LogP contribution in [-0.2, 0) is 21.2 Å². The maximum absolute atomic E-state index is 13.9. The van der Waals surface area contributed by atoms with Crippen LogP contribution in [-0.4, -0.2) is 101 Å². The summed E-state index contributed by atoms with van der Waals surface area (Å²) >= 11 is 6.32. The first kappa shape index (κ1) is 41.4. The topological polar surface area (TPSA) is 154 Å². The number of hydrogen-bond acceptors (Lipinski definition) is 10. The predicted octanol–water partition coefficient (Wildman–Crippen LogP) is 6.46. The molecule has 9 rings (SSSR count). The number of sulfonamides is 1. The average molecular weight is 866 g/mol. The standard InChI is InChI=1S/C45H52ClN9O5S/c1-29-22-35(11-10-31(29)24-41-48-25-32-23-38(46)44(57)55(43(32)49-41)34-6-3-4-7-34)61(59,60)53-19-12-30(13-20-53)28-51(2)33-14-17-52(18-15-33)39-9-5-8-36-37(39)26-47-27-40(36)54-21-16-42(56)50-45(54)58/h5,8-11,22-23,25-27,30,33-34H,3-4,6-7,12-21,24,28H2,1-2H3,(H,50,56,58). The van der Waals surface area contributed by atoms with Crippen molar-refractivity contribution >= 4 is 66.7 Å². The maximum Gasteiger partial charge on any atom is 0.328 e. The zero-order chi connectivity index (χ0) is 42.4. The lowest BCUT2D eigenvalue weighted by atomic mass is 9.95. The van der Waals surface area contributed by atoms with Gasteiger partial charge in [-0.15, -0.1) is 0 Å². The van der Waals surface area contributed by atoms with Gasteiger partial charge >= 0.3 is 6.03 Å². The number of carbonyl (C=O) groups is 2. The molecule has 320 valence electrons. The first-order valence-corrected chi connectivity index (χ1v) is 23.4. The second-order valence-corrected chi connectivity index (χ2v) is 19.6. The van der Waals surface area contributed by atoms with Crippen molar-refractivity contribution in [2.45, 2.75) is 88.1 Å². The molecule has 3 aliphatic heterocycles. The summed E-state index contributed by atoms with van der Waals surface area (Å²) < 4.78 is 31.2. The third-order valence-corrected chi connectivity index (χ3v) is 15.6. The molecule has 5 aromatic rings. The van der Waals surface area contributed by atoms with E-state index in [0.717, 1.165) is 104 Å². The molecule has 2 aromatic carbocycles. The zero-order valence-corrected chi connectivity index (χ0v) is 36.3. The van der Waals surface area contributed by atoms with Crippen molar-refractivity contribution in [1.82, 2.24) is 34.0 Å². The number of urea groups is 1. The molecule has 0 spiro atoms. The number of anilines is 2. The first-order valence-electron chi connectivity index (χ1n) is 21.5. The second-order valence-electron chi connectivity index (χ2n) is 17.2. The number of carbonyl (C=O) groups excluding carboxylic acids is 2. The van der Waals surface area contributed by atoms with E-state index in [4.69, 9.17) is 16.6 Å². The molecule has 14 nitrogen and oxygen atoms in total. The molecule has 0 atom stereocenters. The van der Waals surface area contributed by atoms with Crippen LogP contribution in [0.2, 0.25) is 5.02 Å². The molecule has 0 bridgehead atoms. The molecular weight excluding hydrogens is 814 g/mol. The van der Waals surface area contributed by atoms with E-state index in [9.17, 15) is 22.8 Å². The summed E-state index contributed by atoms with van der Waals surface area (Å²) in [6.07, 6.45) is 13.5. The largest absolute Gasteiger partial charge is 0.371 e. The van der Waals surface area contributed by atoms with Gasteiger partial charge in [-0.3, -0.25) is 29.4 Å². The Kier molecular flexibility index (Phi) is 11.6. The van der Waals surface area contributed by atoms with Crippen LogP contribution in [0, 0.1) is 12.8 Å².